The Hall–Kier alpha value is -1.71. The summed E-state index contributed by atoms with van der Waals surface area (Å²) in [7, 11) is 0. The molecule has 0 saturated heterocycles. The quantitative estimate of drug-likeness (QED) is 0.779. The molecule has 0 saturated carbocycles. The fraction of sp³-hybridized carbons (Fsp3) is 0.118. The number of halogens is 1. The monoisotopic (exact) mass is 327 g/mol. The van der Waals surface area contributed by atoms with Gasteiger partial charge in [-0.1, -0.05) is 48.5 Å². The Bertz CT molecular complexity index is 727. The highest BCUT2D eigenvalue weighted by atomic mass is 79.9. The normalized spacial score (nSPS) is 12.5. The third-order valence-electron chi connectivity index (χ3n) is 3.29. The van der Waals surface area contributed by atoms with Crippen LogP contribution in [0.3, 0.4) is 0 Å². The molecular formula is C17H14BrNO. The summed E-state index contributed by atoms with van der Waals surface area (Å²) in [5.41, 5.74) is 2.69. The van der Waals surface area contributed by atoms with E-state index in [2.05, 4.69) is 20.9 Å². The number of hydrogen-bond donors (Lipinski definition) is 1. The first-order chi connectivity index (χ1) is 9.74. The number of rotatable bonds is 3. The lowest BCUT2D eigenvalue weighted by Gasteiger charge is -2.13. The summed E-state index contributed by atoms with van der Waals surface area (Å²) >= 11 is 3.51. The molecule has 1 N–H and O–H groups in total. The first-order valence-corrected chi connectivity index (χ1v) is 7.30. The van der Waals surface area contributed by atoms with E-state index in [4.69, 9.17) is 0 Å². The van der Waals surface area contributed by atoms with Crippen molar-refractivity contribution in [1.29, 1.82) is 0 Å². The van der Waals surface area contributed by atoms with Gasteiger partial charge in [0.2, 0.25) is 0 Å². The van der Waals surface area contributed by atoms with Crippen molar-refractivity contribution in [1.82, 2.24) is 4.98 Å². The molecule has 0 radical (unpaired) electrons. The lowest BCUT2D eigenvalue weighted by Crippen LogP contribution is -2.05. The van der Waals surface area contributed by atoms with Gasteiger partial charge in [-0.05, 0) is 33.6 Å². The van der Waals surface area contributed by atoms with E-state index in [0.29, 0.717) is 12.1 Å². The van der Waals surface area contributed by atoms with Crippen LogP contribution in [0.2, 0.25) is 0 Å². The Morgan fingerprint density at radius 2 is 1.70 bits per heavy atom. The zero-order valence-corrected chi connectivity index (χ0v) is 12.4. The minimum atomic E-state index is -0.614. The van der Waals surface area contributed by atoms with Gasteiger partial charge in [-0.2, -0.15) is 0 Å². The lowest BCUT2D eigenvalue weighted by atomic mass is 10.0. The number of benzene rings is 2. The Kier molecular flexibility index (Phi) is 3.81. The molecule has 3 aromatic rings. The van der Waals surface area contributed by atoms with Gasteiger partial charge in [0.05, 0.1) is 11.2 Å². The first kappa shape index (κ1) is 13.3. The summed E-state index contributed by atoms with van der Waals surface area (Å²) in [5, 5.41) is 11.5. The van der Waals surface area contributed by atoms with E-state index < -0.39 is 6.10 Å². The standard InChI is InChI=1S/C17H14BrNO/c18-14-11-13-8-4-5-9-15(13)19-17(14)16(20)10-12-6-2-1-3-7-12/h1-9,11,16,20H,10H2. The summed E-state index contributed by atoms with van der Waals surface area (Å²) in [4.78, 5) is 4.57. The zero-order chi connectivity index (χ0) is 13.9. The van der Waals surface area contributed by atoms with Crippen molar-refractivity contribution >= 4 is 26.8 Å². The number of aliphatic hydroxyl groups excluding tert-OH is 1. The van der Waals surface area contributed by atoms with Crippen molar-refractivity contribution in [3.63, 3.8) is 0 Å². The largest absolute Gasteiger partial charge is 0.386 e. The molecule has 0 bridgehead atoms. The van der Waals surface area contributed by atoms with Gasteiger partial charge in [0.25, 0.3) is 0 Å². The first-order valence-electron chi connectivity index (χ1n) is 6.51. The number of fused-ring (bicyclic) bond motifs is 1. The molecule has 1 aromatic heterocycles. The molecule has 1 atom stereocenters. The molecule has 3 rings (SSSR count). The average Bonchev–Trinajstić information content (AvgIpc) is 2.47. The van der Waals surface area contributed by atoms with Crippen LogP contribution in [0, 0.1) is 0 Å². The Labute approximate surface area is 126 Å². The molecule has 0 amide bonds. The van der Waals surface area contributed by atoms with Crippen molar-refractivity contribution in [3.8, 4) is 0 Å². The van der Waals surface area contributed by atoms with Gasteiger partial charge in [0.1, 0.15) is 6.10 Å². The molecule has 0 aliphatic rings. The molecular weight excluding hydrogens is 314 g/mol. The highest BCUT2D eigenvalue weighted by Gasteiger charge is 2.14. The van der Waals surface area contributed by atoms with E-state index in [-0.39, 0.29) is 0 Å². The molecule has 0 spiro atoms. The number of pyridine rings is 1. The predicted octanol–water partition coefficient (Wildman–Crippen LogP) is 4.27. The van der Waals surface area contributed by atoms with E-state index in [1.165, 1.54) is 0 Å². The van der Waals surface area contributed by atoms with E-state index in [1.807, 2.05) is 60.7 Å². The minimum absolute atomic E-state index is 0.560. The maximum absolute atomic E-state index is 10.4. The maximum Gasteiger partial charge on any atom is 0.101 e. The van der Waals surface area contributed by atoms with Gasteiger partial charge in [-0.15, -0.1) is 0 Å². The van der Waals surface area contributed by atoms with Crippen LogP contribution in [-0.4, -0.2) is 10.1 Å². The minimum Gasteiger partial charge on any atom is -0.386 e. The Morgan fingerprint density at radius 1 is 1.00 bits per heavy atom. The summed E-state index contributed by atoms with van der Waals surface area (Å²) in [6, 6.07) is 19.9. The lowest BCUT2D eigenvalue weighted by molar-refractivity contribution is 0.173. The van der Waals surface area contributed by atoms with E-state index >= 15 is 0 Å². The topological polar surface area (TPSA) is 33.1 Å². The third kappa shape index (κ3) is 2.74. The van der Waals surface area contributed by atoms with Crippen molar-refractivity contribution in [3.05, 3.63) is 76.4 Å². The molecule has 0 fully saturated rings. The molecule has 0 aliphatic heterocycles. The Morgan fingerprint density at radius 3 is 2.50 bits per heavy atom. The number of hydrogen-bond acceptors (Lipinski definition) is 2. The molecule has 100 valence electrons. The van der Waals surface area contributed by atoms with Crippen LogP contribution >= 0.6 is 15.9 Å². The van der Waals surface area contributed by atoms with Crippen molar-refractivity contribution in [2.75, 3.05) is 0 Å². The van der Waals surface area contributed by atoms with Crippen LogP contribution in [0.1, 0.15) is 17.4 Å². The van der Waals surface area contributed by atoms with E-state index in [1.54, 1.807) is 0 Å². The van der Waals surface area contributed by atoms with Gasteiger partial charge in [0, 0.05) is 16.3 Å². The van der Waals surface area contributed by atoms with Gasteiger partial charge < -0.3 is 5.11 Å². The van der Waals surface area contributed by atoms with Crippen molar-refractivity contribution < 1.29 is 5.11 Å². The second-order valence-corrected chi connectivity index (χ2v) is 5.61. The fourth-order valence-electron chi connectivity index (χ4n) is 2.27. The van der Waals surface area contributed by atoms with Gasteiger partial charge in [0.15, 0.2) is 0 Å². The summed E-state index contributed by atoms with van der Waals surface area (Å²) in [6.45, 7) is 0. The van der Waals surface area contributed by atoms with Gasteiger partial charge >= 0.3 is 0 Å². The van der Waals surface area contributed by atoms with Crippen LogP contribution in [0.4, 0.5) is 0 Å². The number of para-hydroxylation sites is 1. The van der Waals surface area contributed by atoms with Gasteiger partial charge in [-0.25, -0.2) is 4.98 Å². The molecule has 2 nitrogen and oxygen atoms in total. The second kappa shape index (κ2) is 5.73. The zero-order valence-electron chi connectivity index (χ0n) is 10.8. The smallest absolute Gasteiger partial charge is 0.101 e. The van der Waals surface area contributed by atoms with E-state index in [0.717, 1.165) is 20.9 Å². The van der Waals surface area contributed by atoms with Crippen LogP contribution in [-0.2, 0) is 6.42 Å². The predicted molar refractivity (Wildman–Crippen MR) is 84.5 cm³/mol. The highest BCUT2D eigenvalue weighted by molar-refractivity contribution is 9.10. The summed E-state index contributed by atoms with van der Waals surface area (Å²) < 4.78 is 0.847. The van der Waals surface area contributed by atoms with Crippen molar-refractivity contribution in [2.24, 2.45) is 0 Å². The number of aliphatic hydroxyl groups is 1. The van der Waals surface area contributed by atoms with Gasteiger partial charge in [-0.3, -0.25) is 0 Å². The molecule has 20 heavy (non-hydrogen) atoms. The average molecular weight is 328 g/mol. The molecule has 1 unspecified atom stereocenters. The molecule has 2 aromatic carbocycles. The van der Waals surface area contributed by atoms with Crippen LogP contribution in [0.25, 0.3) is 10.9 Å². The SMILES string of the molecule is OC(Cc1ccccc1)c1nc2ccccc2cc1Br. The molecule has 1 heterocycles. The maximum atomic E-state index is 10.4. The number of aromatic nitrogens is 1. The van der Waals surface area contributed by atoms with E-state index in [9.17, 15) is 5.11 Å². The fourth-order valence-corrected chi connectivity index (χ4v) is 2.87. The second-order valence-electron chi connectivity index (χ2n) is 4.75. The third-order valence-corrected chi connectivity index (χ3v) is 3.93. The summed E-state index contributed by atoms with van der Waals surface area (Å²) in [5.74, 6) is 0. The number of nitrogens with zero attached hydrogens (tertiary/aromatic N) is 1. The Balaban J connectivity index is 1.95. The van der Waals surface area contributed by atoms with Crippen molar-refractivity contribution in [2.45, 2.75) is 12.5 Å². The van der Waals surface area contributed by atoms with Crippen LogP contribution in [0.15, 0.2) is 65.1 Å². The van der Waals surface area contributed by atoms with Crippen LogP contribution in [0.5, 0.6) is 0 Å². The summed E-state index contributed by atoms with van der Waals surface area (Å²) in [6.07, 6.45) is -0.0542. The van der Waals surface area contributed by atoms with Crippen LogP contribution < -0.4 is 0 Å². The highest BCUT2D eigenvalue weighted by Crippen LogP contribution is 2.27. The molecule has 0 aliphatic carbocycles. The molecule has 3 heteroatoms.